The molecule has 0 bridgehead atoms. The summed E-state index contributed by atoms with van der Waals surface area (Å²) in [6.45, 7) is 7.84. The minimum atomic E-state index is -0.697. The predicted octanol–water partition coefficient (Wildman–Crippen LogP) is 2.27. The smallest absolute Gasteiger partial charge is 0.111 e. The number of nitrogens with zero attached hydrogens (tertiary/aromatic N) is 2. The van der Waals surface area contributed by atoms with E-state index in [0.717, 1.165) is 38.2 Å². The fourth-order valence-corrected chi connectivity index (χ4v) is 3.99. The topological polar surface area (TPSA) is 36.4 Å². The number of likely N-dealkylation sites (tertiary alicyclic amines) is 1. The lowest BCUT2D eigenvalue weighted by atomic mass is 9.85. The Bertz CT molecular complexity index is 434. The summed E-state index contributed by atoms with van der Waals surface area (Å²) in [5.41, 5.74) is 0.173. The van der Waals surface area contributed by atoms with E-state index in [-0.39, 0.29) is 0 Å². The Morgan fingerprint density at radius 1 is 1.42 bits per heavy atom. The van der Waals surface area contributed by atoms with E-state index >= 15 is 0 Å². The first kappa shape index (κ1) is 13.1. The molecule has 0 radical (unpaired) electrons. The fraction of sp³-hybridized carbons (Fsp3) is 0.688. The zero-order chi connectivity index (χ0) is 13.5. The molecule has 1 aliphatic heterocycles. The molecule has 1 aromatic rings. The van der Waals surface area contributed by atoms with Crippen LogP contribution < -0.4 is 0 Å². The summed E-state index contributed by atoms with van der Waals surface area (Å²) in [7, 11) is 0. The van der Waals surface area contributed by atoms with Gasteiger partial charge in [0, 0.05) is 31.7 Å². The molecule has 1 saturated carbocycles. The third-order valence-corrected chi connectivity index (χ3v) is 4.76. The highest BCUT2D eigenvalue weighted by Crippen LogP contribution is 2.49. The maximum absolute atomic E-state index is 11.1. The summed E-state index contributed by atoms with van der Waals surface area (Å²) in [5, 5.41) is 11.1. The van der Waals surface area contributed by atoms with E-state index in [0.29, 0.717) is 17.8 Å². The van der Waals surface area contributed by atoms with Crippen LogP contribution in [0.25, 0.3) is 0 Å². The third-order valence-electron chi connectivity index (χ3n) is 4.76. The van der Waals surface area contributed by atoms with E-state index < -0.39 is 5.60 Å². The van der Waals surface area contributed by atoms with Crippen LogP contribution in [0, 0.1) is 17.8 Å². The normalized spacial score (nSPS) is 34.9. The quantitative estimate of drug-likeness (QED) is 0.905. The lowest BCUT2D eigenvalue weighted by Gasteiger charge is -2.30. The van der Waals surface area contributed by atoms with Gasteiger partial charge < -0.3 is 10.0 Å². The van der Waals surface area contributed by atoms with Gasteiger partial charge in [0.2, 0.25) is 0 Å². The van der Waals surface area contributed by atoms with Crippen molar-refractivity contribution in [1.29, 1.82) is 0 Å². The molecule has 19 heavy (non-hydrogen) atoms. The van der Waals surface area contributed by atoms with Gasteiger partial charge in [-0.2, -0.15) is 0 Å². The second kappa shape index (κ2) is 4.88. The number of aliphatic hydroxyl groups is 1. The van der Waals surface area contributed by atoms with Crippen LogP contribution in [-0.2, 0) is 5.60 Å². The highest BCUT2D eigenvalue weighted by Gasteiger charge is 2.52. The molecular formula is C16H24N2O. The SMILES string of the molecule is CC(C)CN1CC2CCC(O)(c3ccccn3)C2C1. The fourth-order valence-electron chi connectivity index (χ4n) is 3.99. The summed E-state index contributed by atoms with van der Waals surface area (Å²) in [6.07, 6.45) is 3.79. The highest BCUT2D eigenvalue weighted by atomic mass is 16.3. The standard InChI is InChI=1S/C16H24N2O/c1-12(2)9-18-10-13-6-7-16(19,14(13)11-18)15-5-3-4-8-17-15/h3-5,8,12-14,19H,6-7,9-11H2,1-2H3. The first-order valence-electron chi connectivity index (χ1n) is 7.46. The van der Waals surface area contributed by atoms with Gasteiger partial charge in [-0.15, -0.1) is 0 Å². The molecule has 0 amide bonds. The van der Waals surface area contributed by atoms with Gasteiger partial charge in [0.1, 0.15) is 5.60 Å². The summed E-state index contributed by atoms with van der Waals surface area (Å²) >= 11 is 0. The van der Waals surface area contributed by atoms with Gasteiger partial charge in [-0.3, -0.25) is 4.98 Å². The molecule has 3 heteroatoms. The largest absolute Gasteiger partial charge is 0.383 e. The van der Waals surface area contributed by atoms with E-state index in [4.69, 9.17) is 0 Å². The number of hydrogen-bond donors (Lipinski definition) is 1. The van der Waals surface area contributed by atoms with Crippen LogP contribution >= 0.6 is 0 Å². The minimum Gasteiger partial charge on any atom is -0.383 e. The van der Waals surface area contributed by atoms with Crippen molar-refractivity contribution in [3.8, 4) is 0 Å². The second-order valence-electron chi connectivity index (χ2n) is 6.66. The van der Waals surface area contributed by atoms with E-state index in [9.17, 15) is 5.11 Å². The van der Waals surface area contributed by atoms with E-state index in [1.807, 2.05) is 18.2 Å². The molecule has 0 spiro atoms. The molecule has 1 N–H and O–H groups in total. The van der Waals surface area contributed by atoms with Gasteiger partial charge in [0.05, 0.1) is 5.69 Å². The van der Waals surface area contributed by atoms with Crippen LogP contribution in [-0.4, -0.2) is 34.6 Å². The Balaban J connectivity index is 1.79. The van der Waals surface area contributed by atoms with Crippen molar-refractivity contribution in [3.05, 3.63) is 30.1 Å². The van der Waals surface area contributed by atoms with Gasteiger partial charge in [0.25, 0.3) is 0 Å². The van der Waals surface area contributed by atoms with Crippen molar-refractivity contribution in [2.75, 3.05) is 19.6 Å². The van der Waals surface area contributed by atoms with Crippen molar-refractivity contribution in [3.63, 3.8) is 0 Å². The van der Waals surface area contributed by atoms with Crippen molar-refractivity contribution in [1.82, 2.24) is 9.88 Å². The Morgan fingerprint density at radius 2 is 2.26 bits per heavy atom. The van der Waals surface area contributed by atoms with E-state index in [1.165, 1.54) is 0 Å². The molecule has 1 aromatic heterocycles. The molecule has 1 aliphatic carbocycles. The molecule has 3 unspecified atom stereocenters. The number of hydrogen-bond acceptors (Lipinski definition) is 3. The molecule has 3 atom stereocenters. The first-order valence-corrected chi connectivity index (χ1v) is 7.46. The first-order chi connectivity index (χ1) is 9.09. The molecule has 2 heterocycles. The van der Waals surface area contributed by atoms with Crippen LogP contribution in [0.2, 0.25) is 0 Å². The Morgan fingerprint density at radius 3 is 2.95 bits per heavy atom. The molecular weight excluding hydrogens is 236 g/mol. The van der Waals surface area contributed by atoms with Gasteiger partial charge in [0.15, 0.2) is 0 Å². The lowest BCUT2D eigenvalue weighted by Crippen LogP contribution is -2.36. The number of pyridine rings is 1. The summed E-state index contributed by atoms with van der Waals surface area (Å²) in [6, 6.07) is 5.88. The van der Waals surface area contributed by atoms with E-state index in [1.54, 1.807) is 6.20 Å². The van der Waals surface area contributed by atoms with Crippen molar-refractivity contribution in [2.45, 2.75) is 32.3 Å². The second-order valence-corrected chi connectivity index (χ2v) is 6.66. The van der Waals surface area contributed by atoms with Crippen LogP contribution in [0.15, 0.2) is 24.4 Å². The number of rotatable bonds is 3. The number of fused-ring (bicyclic) bond motifs is 1. The highest BCUT2D eigenvalue weighted by molar-refractivity contribution is 5.19. The van der Waals surface area contributed by atoms with Crippen molar-refractivity contribution >= 4 is 0 Å². The van der Waals surface area contributed by atoms with Gasteiger partial charge >= 0.3 is 0 Å². The van der Waals surface area contributed by atoms with Crippen molar-refractivity contribution in [2.24, 2.45) is 17.8 Å². The molecule has 104 valence electrons. The molecule has 2 aliphatic rings. The average Bonchev–Trinajstić information content (AvgIpc) is 2.91. The Hall–Kier alpha value is -0.930. The molecule has 0 aromatic carbocycles. The molecule has 1 saturated heterocycles. The molecule has 3 nitrogen and oxygen atoms in total. The van der Waals surface area contributed by atoms with Gasteiger partial charge in [-0.1, -0.05) is 19.9 Å². The third kappa shape index (κ3) is 2.30. The van der Waals surface area contributed by atoms with Crippen LogP contribution in [0.1, 0.15) is 32.4 Å². The zero-order valence-corrected chi connectivity index (χ0v) is 11.9. The summed E-state index contributed by atoms with van der Waals surface area (Å²) in [5.74, 6) is 1.70. The van der Waals surface area contributed by atoms with E-state index in [2.05, 4.69) is 23.7 Å². The summed E-state index contributed by atoms with van der Waals surface area (Å²) < 4.78 is 0. The maximum Gasteiger partial charge on any atom is 0.111 e. The lowest BCUT2D eigenvalue weighted by molar-refractivity contribution is -0.0109. The van der Waals surface area contributed by atoms with Crippen LogP contribution in [0.5, 0.6) is 0 Å². The van der Waals surface area contributed by atoms with Crippen LogP contribution in [0.3, 0.4) is 0 Å². The maximum atomic E-state index is 11.1. The summed E-state index contributed by atoms with van der Waals surface area (Å²) in [4.78, 5) is 6.93. The van der Waals surface area contributed by atoms with Gasteiger partial charge in [-0.25, -0.2) is 0 Å². The zero-order valence-electron chi connectivity index (χ0n) is 11.9. The molecule has 2 fully saturated rings. The van der Waals surface area contributed by atoms with Crippen LogP contribution in [0.4, 0.5) is 0 Å². The number of aromatic nitrogens is 1. The Kier molecular flexibility index (Phi) is 3.35. The Labute approximate surface area is 115 Å². The monoisotopic (exact) mass is 260 g/mol. The predicted molar refractivity (Wildman–Crippen MR) is 75.6 cm³/mol. The van der Waals surface area contributed by atoms with Crippen molar-refractivity contribution < 1.29 is 5.11 Å². The minimum absolute atomic E-state index is 0.362. The average molecular weight is 260 g/mol. The van der Waals surface area contributed by atoms with Gasteiger partial charge in [-0.05, 0) is 36.8 Å². The molecule has 3 rings (SSSR count).